The highest BCUT2D eigenvalue weighted by molar-refractivity contribution is 5.85. The van der Waals surface area contributed by atoms with Crippen LogP contribution in [0.5, 0.6) is 5.75 Å². The molecular formula is C11H16ClNO. The molecule has 78 valence electrons. The van der Waals surface area contributed by atoms with Crippen LogP contribution in [0.4, 0.5) is 0 Å². The minimum atomic E-state index is -0.111. The molecule has 0 aliphatic heterocycles. The highest BCUT2D eigenvalue weighted by atomic mass is 35.5. The van der Waals surface area contributed by atoms with E-state index < -0.39 is 0 Å². The fourth-order valence-corrected chi connectivity index (χ4v) is 1.11. The lowest BCUT2D eigenvalue weighted by atomic mass is 10.1. The van der Waals surface area contributed by atoms with Gasteiger partial charge in [-0.3, -0.25) is 0 Å². The van der Waals surface area contributed by atoms with E-state index in [9.17, 15) is 0 Å². The van der Waals surface area contributed by atoms with Crippen molar-refractivity contribution in [2.24, 2.45) is 5.73 Å². The molecule has 2 nitrogen and oxygen atoms in total. The molecule has 14 heavy (non-hydrogen) atoms. The molecule has 1 aromatic carbocycles. The Balaban J connectivity index is 0.00000169. The molecular weight excluding hydrogens is 198 g/mol. The van der Waals surface area contributed by atoms with Gasteiger partial charge in [-0.1, -0.05) is 18.2 Å². The maximum absolute atomic E-state index is 5.79. The van der Waals surface area contributed by atoms with Crippen LogP contribution in [0.3, 0.4) is 0 Å². The third kappa shape index (κ3) is 3.40. The van der Waals surface area contributed by atoms with Gasteiger partial charge >= 0.3 is 0 Å². The standard InChI is InChI=1S/C11H15NO.ClH/c1-3-11(12)9-6-5-7-10(8-9)13-4-2;/h3,5-8,11H,1,4,12H2,2H3;1H/t11-;/m0./s1. The average molecular weight is 214 g/mol. The first kappa shape index (κ1) is 13.0. The van der Waals surface area contributed by atoms with Crippen molar-refractivity contribution in [3.63, 3.8) is 0 Å². The van der Waals surface area contributed by atoms with Gasteiger partial charge < -0.3 is 10.5 Å². The van der Waals surface area contributed by atoms with Crippen LogP contribution in [-0.2, 0) is 0 Å². The fraction of sp³-hybridized carbons (Fsp3) is 0.273. The van der Waals surface area contributed by atoms with Crippen LogP contribution in [0.25, 0.3) is 0 Å². The van der Waals surface area contributed by atoms with Gasteiger partial charge in [-0.25, -0.2) is 0 Å². The number of halogens is 1. The summed E-state index contributed by atoms with van der Waals surface area (Å²) in [6.45, 7) is 6.28. The lowest BCUT2D eigenvalue weighted by Gasteiger charge is -2.08. The number of nitrogens with two attached hydrogens (primary N) is 1. The first-order chi connectivity index (χ1) is 6.27. The summed E-state index contributed by atoms with van der Waals surface area (Å²) >= 11 is 0. The lowest BCUT2D eigenvalue weighted by Crippen LogP contribution is -2.06. The van der Waals surface area contributed by atoms with E-state index in [0.29, 0.717) is 6.61 Å². The SMILES string of the molecule is C=C[C@H](N)c1cccc(OCC)c1.Cl. The Morgan fingerprint density at radius 1 is 1.57 bits per heavy atom. The second-order valence-corrected chi connectivity index (χ2v) is 2.77. The lowest BCUT2D eigenvalue weighted by molar-refractivity contribution is 0.340. The summed E-state index contributed by atoms with van der Waals surface area (Å²) in [6, 6.07) is 7.65. The maximum atomic E-state index is 5.79. The largest absolute Gasteiger partial charge is 0.494 e. The van der Waals surface area contributed by atoms with Gasteiger partial charge in [0.05, 0.1) is 6.61 Å². The Morgan fingerprint density at radius 2 is 2.29 bits per heavy atom. The molecule has 0 fully saturated rings. The third-order valence-electron chi connectivity index (χ3n) is 1.81. The second-order valence-electron chi connectivity index (χ2n) is 2.77. The minimum Gasteiger partial charge on any atom is -0.494 e. The number of benzene rings is 1. The average Bonchev–Trinajstić information content (AvgIpc) is 2.18. The Bertz CT molecular complexity index is 288. The zero-order valence-corrected chi connectivity index (χ0v) is 9.09. The van der Waals surface area contributed by atoms with Gasteiger partial charge in [-0.2, -0.15) is 0 Å². The summed E-state index contributed by atoms with van der Waals surface area (Å²) in [5, 5.41) is 0. The van der Waals surface area contributed by atoms with E-state index in [1.54, 1.807) is 6.08 Å². The van der Waals surface area contributed by atoms with E-state index in [-0.39, 0.29) is 18.4 Å². The van der Waals surface area contributed by atoms with Crippen LogP contribution in [0.2, 0.25) is 0 Å². The third-order valence-corrected chi connectivity index (χ3v) is 1.81. The minimum absolute atomic E-state index is 0. The number of ether oxygens (including phenoxy) is 1. The normalized spacial score (nSPS) is 11.3. The maximum Gasteiger partial charge on any atom is 0.119 e. The van der Waals surface area contributed by atoms with Crippen molar-refractivity contribution < 1.29 is 4.74 Å². The molecule has 0 aromatic heterocycles. The van der Waals surface area contributed by atoms with E-state index in [2.05, 4.69) is 6.58 Å². The first-order valence-corrected chi connectivity index (χ1v) is 4.38. The van der Waals surface area contributed by atoms with Gasteiger partial charge in [0.25, 0.3) is 0 Å². The monoisotopic (exact) mass is 213 g/mol. The molecule has 1 atom stereocenters. The van der Waals surface area contributed by atoms with Crippen molar-refractivity contribution in [3.8, 4) is 5.75 Å². The zero-order chi connectivity index (χ0) is 9.68. The Morgan fingerprint density at radius 3 is 2.86 bits per heavy atom. The van der Waals surface area contributed by atoms with E-state index in [1.165, 1.54) is 0 Å². The Hall–Kier alpha value is -0.990. The highest BCUT2D eigenvalue weighted by Gasteiger charge is 2.01. The van der Waals surface area contributed by atoms with E-state index in [1.807, 2.05) is 31.2 Å². The van der Waals surface area contributed by atoms with E-state index >= 15 is 0 Å². The van der Waals surface area contributed by atoms with E-state index in [0.717, 1.165) is 11.3 Å². The van der Waals surface area contributed by atoms with Crippen LogP contribution >= 0.6 is 12.4 Å². The number of rotatable bonds is 4. The number of hydrogen-bond donors (Lipinski definition) is 1. The molecule has 0 saturated heterocycles. The summed E-state index contributed by atoms with van der Waals surface area (Å²) in [4.78, 5) is 0. The molecule has 0 aliphatic rings. The molecule has 1 rings (SSSR count). The number of hydrogen-bond acceptors (Lipinski definition) is 2. The van der Waals surface area contributed by atoms with Crippen molar-refractivity contribution >= 4 is 12.4 Å². The van der Waals surface area contributed by atoms with Crippen LogP contribution < -0.4 is 10.5 Å². The molecule has 0 saturated carbocycles. The topological polar surface area (TPSA) is 35.2 Å². The van der Waals surface area contributed by atoms with Gasteiger partial charge in [-0.05, 0) is 24.6 Å². The van der Waals surface area contributed by atoms with Crippen LogP contribution in [0.15, 0.2) is 36.9 Å². The van der Waals surface area contributed by atoms with Crippen LogP contribution in [0.1, 0.15) is 18.5 Å². The molecule has 1 aromatic rings. The molecule has 0 radical (unpaired) electrons. The van der Waals surface area contributed by atoms with Gasteiger partial charge in [-0.15, -0.1) is 19.0 Å². The summed E-state index contributed by atoms with van der Waals surface area (Å²) in [5.41, 5.74) is 6.81. The summed E-state index contributed by atoms with van der Waals surface area (Å²) in [7, 11) is 0. The van der Waals surface area contributed by atoms with Crippen molar-refractivity contribution in [1.82, 2.24) is 0 Å². The van der Waals surface area contributed by atoms with Crippen molar-refractivity contribution in [2.75, 3.05) is 6.61 Å². The fourth-order valence-electron chi connectivity index (χ4n) is 1.11. The van der Waals surface area contributed by atoms with Crippen molar-refractivity contribution in [3.05, 3.63) is 42.5 Å². The Labute approximate surface area is 91.2 Å². The molecule has 0 spiro atoms. The quantitative estimate of drug-likeness (QED) is 0.781. The van der Waals surface area contributed by atoms with E-state index in [4.69, 9.17) is 10.5 Å². The van der Waals surface area contributed by atoms with Crippen LogP contribution in [0, 0.1) is 0 Å². The molecule has 3 heteroatoms. The van der Waals surface area contributed by atoms with Crippen molar-refractivity contribution in [2.45, 2.75) is 13.0 Å². The van der Waals surface area contributed by atoms with Crippen LogP contribution in [-0.4, -0.2) is 6.61 Å². The predicted molar refractivity (Wildman–Crippen MR) is 62.0 cm³/mol. The molecule has 2 N–H and O–H groups in total. The summed E-state index contributed by atoms with van der Waals surface area (Å²) in [6.07, 6.45) is 1.71. The molecule has 0 aliphatic carbocycles. The summed E-state index contributed by atoms with van der Waals surface area (Å²) < 4.78 is 5.35. The molecule has 0 amide bonds. The van der Waals surface area contributed by atoms with Gasteiger partial charge in [0, 0.05) is 6.04 Å². The van der Waals surface area contributed by atoms with Gasteiger partial charge in [0.1, 0.15) is 5.75 Å². The molecule has 0 bridgehead atoms. The summed E-state index contributed by atoms with van der Waals surface area (Å²) in [5.74, 6) is 0.859. The second kappa shape index (κ2) is 6.46. The molecule has 0 unspecified atom stereocenters. The first-order valence-electron chi connectivity index (χ1n) is 4.38. The Kier molecular flexibility index (Phi) is 6.00. The van der Waals surface area contributed by atoms with Gasteiger partial charge in [0.15, 0.2) is 0 Å². The molecule has 0 heterocycles. The predicted octanol–water partition coefficient (Wildman–Crippen LogP) is 2.69. The van der Waals surface area contributed by atoms with Crippen molar-refractivity contribution in [1.29, 1.82) is 0 Å². The zero-order valence-electron chi connectivity index (χ0n) is 8.27. The highest BCUT2D eigenvalue weighted by Crippen LogP contribution is 2.18. The van der Waals surface area contributed by atoms with Gasteiger partial charge in [0.2, 0.25) is 0 Å². The smallest absolute Gasteiger partial charge is 0.119 e.